The Morgan fingerprint density at radius 1 is 1.05 bits per heavy atom. The topological polar surface area (TPSA) is 38.0 Å². The zero-order valence-electron chi connectivity index (χ0n) is 10.5. The number of carbonyl (C=O) groups excluding carboxylic acids is 2. The second-order valence-electron chi connectivity index (χ2n) is 4.11. The van der Waals surface area contributed by atoms with Gasteiger partial charge in [-0.15, -0.1) is 4.57 Å². The van der Waals surface area contributed by atoms with Crippen molar-refractivity contribution in [1.29, 1.82) is 0 Å². The van der Waals surface area contributed by atoms with E-state index in [0.717, 1.165) is 5.56 Å². The van der Waals surface area contributed by atoms with Crippen LogP contribution in [0.1, 0.15) is 27.6 Å². The predicted octanol–water partition coefficient (Wildman–Crippen LogP) is -0.936. The van der Waals surface area contributed by atoms with Crippen LogP contribution >= 0.6 is 0 Å². The molecule has 0 fully saturated rings. The number of halogens is 1. The van der Waals surface area contributed by atoms with Crippen LogP contribution < -0.4 is 21.5 Å². The fourth-order valence-corrected chi connectivity index (χ4v) is 1.70. The van der Waals surface area contributed by atoms with E-state index in [2.05, 4.69) is 0 Å². The van der Waals surface area contributed by atoms with E-state index in [9.17, 15) is 9.59 Å². The van der Waals surface area contributed by atoms with Gasteiger partial charge in [0.05, 0.1) is 12.0 Å². The van der Waals surface area contributed by atoms with Gasteiger partial charge in [0.1, 0.15) is 0 Å². The number of rotatable bonds is 3. The average molecular weight is 320 g/mol. The van der Waals surface area contributed by atoms with E-state index in [-0.39, 0.29) is 28.7 Å². The van der Waals surface area contributed by atoms with Crippen molar-refractivity contribution in [2.75, 3.05) is 0 Å². The van der Waals surface area contributed by atoms with Crippen LogP contribution in [0.5, 0.6) is 0 Å². The molecule has 19 heavy (non-hydrogen) atoms. The molecule has 0 N–H and O–H groups in total. The molecule has 4 heteroatoms. The Hall–Kier alpha value is -1.81. The number of hydrogen-bond acceptors (Lipinski definition) is 2. The summed E-state index contributed by atoms with van der Waals surface area (Å²) in [5.41, 5.74) is 1.50. The first-order chi connectivity index (χ1) is 8.66. The number of carbonyl (C=O) groups is 2. The molecule has 0 unspecified atom stereocenters. The second kappa shape index (κ2) is 6.95. The summed E-state index contributed by atoms with van der Waals surface area (Å²) < 4.78 is 1.46. The summed E-state index contributed by atoms with van der Waals surface area (Å²) in [5.74, 6) is -0.0961. The molecular formula is C15H14BrNO2. The van der Waals surface area contributed by atoms with Crippen LogP contribution in [0.25, 0.3) is 0 Å². The summed E-state index contributed by atoms with van der Waals surface area (Å²) in [6, 6.07) is 12.9. The second-order valence-corrected chi connectivity index (χ2v) is 4.11. The van der Waals surface area contributed by atoms with Gasteiger partial charge in [-0.3, -0.25) is 4.79 Å². The Bertz CT molecular complexity index is 582. The molecule has 0 aliphatic carbocycles. The molecule has 0 spiro atoms. The van der Waals surface area contributed by atoms with Gasteiger partial charge in [-0.25, -0.2) is 4.79 Å². The van der Waals surface area contributed by atoms with Gasteiger partial charge in [-0.05, 0) is 18.6 Å². The summed E-state index contributed by atoms with van der Waals surface area (Å²) in [6.45, 7) is 1.49. The third-order valence-corrected chi connectivity index (χ3v) is 2.69. The Morgan fingerprint density at radius 2 is 1.74 bits per heavy atom. The Balaban J connectivity index is 0.00000180. The monoisotopic (exact) mass is 319 g/mol. The van der Waals surface area contributed by atoms with Crippen LogP contribution in [-0.2, 0) is 6.42 Å². The molecule has 0 aliphatic rings. The van der Waals surface area contributed by atoms with Crippen molar-refractivity contribution in [3.63, 3.8) is 0 Å². The molecule has 3 nitrogen and oxygen atoms in total. The first kappa shape index (κ1) is 15.2. The summed E-state index contributed by atoms with van der Waals surface area (Å²) in [5, 5.41) is 0. The van der Waals surface area contributed by atoms with Crippen LogP contribution in [-0.4, -0.2) is 11.7 Å². The lowest BCUT2D eigenvalue weighted by molar-refractivity contribution is -0.574. The molecule has 2 aromatic rings. The minimum absolute atomic E-state index is 0. The molecule has 0 aliphatic heterocycles. The van der Waals surface area contributed by atoms with Gasteiger partial charge in [-0.1, -0.05) is 30.3 Å². The van der Waals surface area contributed by atoms with Crippen molar-refractivity contribution in [1.82, 2.24) is 0 Å². The largest absolute Gasteiger partial charge is 1.00 e. The maximum atomic E-state index is 12.0. The van der Waals surface area contributed by atoms with Crippen molar-refractivity contribution in [3.05, 3.63) is 66.0 Å². The fourth-order valence-electron chi connectivity index (χ4n) is 1.70. The number of ketones is 1. The van der Waals surface area contributed by atoms with E-state index < -0.39 is 0 Å². The fraction of sp³-hybridized carbons (Fsp3) is 0.133. The third kappa shape index (κ3) is 4.10. The van der Waals surface area contributed by atoms with Crippen molar-refractivity contribution < 1.29 is 31.1 Å². The van der Waals surface area contributed by atoms with E-state index in [1.165, 1.54) is 11.5 Å². The van der Waals surface area contributed by atoms with Crippen LogP contribution in [0, 0.1) is 0 Å². The molecule has 98 valence electrons. The molecule has 0 radical (unpaired) electrons. The average Bonchev–Trinajstić information content (AvgIpc) is 2.40. The third-order valence-electron chi connectivity index (χ3n) is 2.69. The Morgan fingerprint density at radius 3 is 2.37 bits per heavy atom. The normalized spacial score (nSPS) is 9.53. The molecular weight excluding hydrogens is 306 g/mol. The van der Waals surface area contributed by atoms with Crippen molar-refractivity contribution in [2.45, 2.75) is 13.3 Å². The smallest absolute Gasteiger partial charge is 0.396 e. The molecule has 0 saturated carbocycles. The highest BCUT2D eigenvalue weighted by atomic mass is 79.9. The number of aromatic nitrogens is 1. The number of pyridine rings is 1. The highest BCUT2D eigenvalue weighted by Crippen LogP contribution is 2.00. The van der Waals surface area contributed by atoms with Crippen molar-refractivity contribution in [3.8, 4) is 0 Å². The molecule has 0 atom stereocenters. The molecule has 1 aromatic carbocycles. The maximum Gasteiger partial charge on any atom is 0.396 e. The van der Waals surface area contributed by atoms with E-state index >= 15 is 0 Å². The first-order valence-corrected chi connectivity index (χ1v) is 5.76. The minimum atomic E-state index is -0.0516. The maximum absolute atomic E-state index is 12.0. The van der Waals surface area contributed by atoms with Gasteiger partial charge < -0.3 is 17.0 Å². The van der Waals surface area contributed by atoms with Crippen molar-refractivity contribution in [2.24, 2.45) is 0 Å². The quantitative estimate of drug-likeness (QED) is 0.541. The van der Waals surface area contributed by atoms with Crippen LogP contribution in [0.4, 0.5) is 0 Å². The predicted molar refractivity (Wildman–Crippen MR) is 67.4 cm³/mol. The highest BCUT2D eigenvalue weighted by molar-refractivity contribution is 5.93. The molecule has 2 rings (SSSR count). The number of hydrogen-bond donors (Lipinski definition) is 0. The number of Topliss-reactive ketones (excluding diaryl/α,β-unsaturated/α-hetero) is 1. The lowest BCUT2D eigenvalue weighted by Gasteiger charge is -1.97. The van der Waals surface area contributed by atoms with Gasteiger partial charge in [0.2, 0.25) is 0 Å². The summed E-state index contributed by atoms with van der Waals surface area (Å²) >= 11 is 0. The summed E-state index contributed by atoms with van der Waals surface area (Å²) in [4.78, 5) is 23.3. The number of nitrogens with zero attached hydrogens (tertiary/aromatic N) is 1. The lowest BCUT2D eigenvalue weighted by atomic mass is 10.1. The van der Waals surface area contributed by atoms with E-state index in [1.54, 1.807) is 24.5 Å². The summed E-state index contributed by atoms with van der Waals surface area (Å²) in [7, 11) is 0. The molecule has 0 amide bonds. The van der Waals surface area contributed by atoms with E-state index in [0.29, 0.717) is 12.0 Å². The van der Waals surface area contributed by atoms with Crippen LogP contribution in [0.3, 0.4) is 0 Å². The molecule has 0 bridgehead atoms. The van der Waals surface area contributed by atoms with Gasteiger partial charge in [-0.2, -0.15) is 0 Å². The van der Waals surface area contributed by atoms with Gasteiger partial charge in [0.25, 0.3) is 0 Å². The molecule has 1 aromatic heterocycles. The zero-order valence-corrected chi connectivity index (χ0v) is 12.1. The molecule has 1 heterocycles. The van der Waals surface area contributed by atoms with E-state index in [1.807, 2.05) is 30.3 Å². The summed E-state index contributed by atoms with van der Waals surface area (Å²) in [6.07, 6.45) is 3.57. The van der Waals surface area contributed by atoms with Crippen molar-refractivity contribution >= 4 is 11.7 Å². The van der Waals surface area contributed by atoms with Gasteiger partial charge in [0, 0.05) is 6.07 Å². The highest BCUT2D eigenvalue weighted by Gasteiger charge is 2.16. The first-order valence-electron chi connectivity index (χ1n) is 5.76. The standard InChI is InChI=1S/C15H14NO2.BrH/c1-12(17)14-8-5-9-16(11-14)15(18)10-13-6-3-2-4-7-13;/h2-9,11H,10H2,1H3;1H/q+1;/p-1. The SMILES string of the molecule is CC(=O)c1ccc[n+](C(=O)Cc2ccccc2)c1.[Br-]. The van der Waals surface area contributed by atoms with Crippen LogP contribution in [0.2, 0.25) is 0 Å². The lowest BCUT2D eigenvalue weighted by Crippen LogP contribution is -3.00. The van der Waals surface area contributed by atoms with Gasteiger partial charge in [0.15, 0.2) is 18.2 Å². The zero-order chi connectivity index (χ0) is 13.0. The van der Waals surface area contributed by atoms with Crippen LogP contribution in [0.15, 0.2) is 54.9 Å². The Labute approximate surface area is 122 Å². The van der Waals surface area contributed by atoms with E-state index in [4.69, 9.17) is 0 Å². The Kier molecular flexibility index (Phi) is 5.57. The number of benzene rings is 1. The van der Waals surface area contributed by atoms with Gasteiger partial charge >= 0.3 is 5.91 Å². The molecule has 0 saturated heterocycles. The minimum Gasteiger partial charge on any atom is -1.00 e.